The highest BCUT2D eigenvalue weighted by atomic mass is 14.9. The monoisotopic (exact) mass is 320 g/mol. The van der Waals surface area contributed by atoms with Gasteiger partial charge in [0.25, 0.3) is 0 Å². The van der Waals surface area contributed by atoms with Gasteiger partial charge in [0.05, 0.1) is 6.76 Å². The van der Waals surface area contributed by atoms with Gasteiger partial charge in [0, 0.05) is 11.6 Å². The zero-order chi connectivity index (χ0) is 19.2. The summed E-state index contributed by atoms with van der Waals surface area (Å²) in [6.45, 7) is 10.9. The minimum absolute atomic E-state index is 0.229. The molecule has 1 nitrogen and oxygen atoms in total. The molecule has 0 spiro atoms. The van der Waals surface area contributed by atoms with Gasteiger partial charge in [-0.05, 0) is 59.9 Å². The van der Waals surface area contributed by atoms with Gasteiger partial charge < -0.3 is 0 Å². The van der Waals surface area contributed by atoms with E-state index in [1.165, 1.54) is 11.1 Å². The molecule has 1 heteroatoms. The van der Waals surface area contributed by atoms with Crippen LogP contribution in [0.3, 0.4) is 0 Å². The Kier molecular flexibility index (Phi) is 3.58. The number of pyridine rings is 1. The fraction of sp³-hybridized carbons (Fsp3) is 0.348. The Bertz CT molecular complexity index is 997. The molecule has 1 aromatic heterocycles. The Labute approximate surface area is 148 Å². The van der Waals surface area contributed by atoms with Gasteiger partial charge in [-0.1, -0.05) is 45.0 Å². The molecule has 0 saturated heterocycles. The minimum atomic E-state index is 0.229. The highest BCUT2D eigenvalue weighted by Gasteiger charge is 2.18. The van der Waals surface area contributed by atoms with Crippen LogP contribution in [-0.4, -0.2) is 0 Å². The number of hydrogen-bond donors (Lipinski definition) is 0. The lowest BCUT2D eigenvalue weighted by Crippen LogP contribution is -2.30. The molecule has 0 N–H and O–H groups in total. The molecular formula is C23H28N+. The third kappa shape index (κ3) is 3.21. The Morgan fingerprint density at radius 1 is 1.04 bits per heavy atom. The van der Waals surface area contributed by atoms with Crippen LogP contribution < -0.4 is 4.57 Å². The van der Waals surface area contributed by atoms with Gasteiger partial charge in [0.15, 0.2) is 6.17 Å². The van der Waals surface area contributed by atoms with Crippen molar-refractivity contribution >= 4 is 10.8 Å². The molecule has 0 fully saturated rings. The van der Waals surface area contributed by atoms with Crippen molar-refractivity contribution in [1.29, 1.82) is 0 Å². The molecule has 2 aromatic carbocycles. The van der Waals surface area contributed by atoms with Crippen LogP contribution in [0, 0.1) is 19.3 Å². The maximum Gasteiger partial charge on any atom is 0.220 e. The van der Waals surface area contributed by atoms with Gasteiger partial charge >= 0.3 is 0 Å². The van der Waals surface area contributed by atoms with E-state index in [-0.39, 0.29) is 5.41 Å². The van der Waals surface area contributed by atoms with Crippen LogP contribution >= 0.6 is 0 Å². The van der Waals surface area contributed by atoms with Gasteiger partial charge in [0.1, 0.15) is 8.42 Å². The van der Waals surface area contributed by atoms with Crippen molar-refractivity contribution in [1.82, 2.24) is 0 Å². The van der Waals surface area contributed by atoms with Gasteiger partial charge in [-0.3, -0.25) is 0 Å². The zero-order valence-electron chi connectivity index (χ0n) is 17.6. The Balaban J connectivity index is 2.31. The van der Waals surface area contributed by atoms with E-state index in [9.17, 15) is 0 Å². The summed E-state index contributed by atoms with van der Waals surface area (Å²) in [4.78, 5) is 0. The Morgan fingerprint density at radius 3 is 2.50 bits per heavy atom. The summed E-state index contributed by atoms with van der Waals surface area (Å²) in [7, 11) is 1.94. The number of benzene rings is 2. The molecule has 124 valence electrons. The van der Waals surface area contributed by atoms with Crippen LogP contribution in [0.4, 0.5) is 0 Å². The fourth-order valence-electron chi connectivity index (χ4n) is 3.33. The number of rotatable bonds is 2. The first-order valence-corrected chi connectivity index (χ1v) is 8.57. The molecule has 3 rings (SSSR count). The smallest absolute Gasteiger partial charge is 0.200 e. The SMILES string of the molecule is [2H]c1cc(C)c(C)c(-c2c3ccc(CC(C)(C)C)cc3cc([2H])[n+]2C)c1. The quantitative estimate of drug-likeness (QED) is 0.546. The van der Waals surface area contributed by atoms with Gasteiger partial charge in [0.2, 0.25) is 5.69 Å². The van der Waals surface area contributed by atoms with Gasteiger partial charge in [-0.15, -0.1) is 0 Å². The summed E-state index contributed by atoms with van der Waals surface area (Å²) in [5.41, 5.74) is 5.87. The molecule has 3 aromatic rings. The van der Waals surface area contributed by atoms with Crippen LogP contribution in [0.2, 0.25) is 0 Å². The number of aryl methyl sites for hydroxylation is 1. The molecule has 0 atom stereocenters. The average molecular weight is 320 g/mol. The molecule has 0 aliphatic rings. The first-order chi connectivity index (χ1) is 12.1. The van der Waals surface area contributed by atoms with Crippen molar-refractivity contribution in [2.45, 2.75) is 41.0 Å². The lowest BCUT2D eigenvalue weighted by atomic mass is 9.87. The largest absolute Gasteiger partial charge is 0.220 e. The number of fused-ring (bicyclic) bond motifs is 1. The average Bonchev–Trinajstić information content (AvgIpc) is 2.51. The fourth-order valence-corrected chi connectivity index (χ4v) is 3.33. The van der Waals surface area contributed by atoms with E-state index in [0.717, 1.165) is 34.0 Å². The van der Waals surface area contributed by atoms with Crippen molar-refractivity contribution < 1.29 is 7.31 Å². The molecule has 0 aliphatic heterocycles. The van der Waals surface area contributed by atoms with Crippen molar-refractivity contribution in [3.8, 4) is 11.3 Å². The highest BCUT2D eigenvalue weighted by molar-refractivity contribution is 5.94. The van der Waals surface area contributed by atoms with Crippen LogP contribution in [0.5, 0.6) is 0 Å². The molecular weight excluding hydrogens is 290 g/mol. The second-order valence-corrected chi connectivity index (χ2v) is 8.02. The predicted molar refractivity (Wildman–Crippen MR) is 103 cm³/mol. The third-order valence-electron chi connectivity index (χ3n) is 4.63. The van der Waals surface area contributed by atoms with Crippen molar-refractivity contribution in [3.63, 3.8) is 0 Å². The van der Waals surface area contributed by atoms with E-state index in [0.29, 0.717) is 12.2 Å². The maximum atomic E-state index is 8.44. The Morgan fingerprint density at radius 2 is 1.79 bits per heavy atom. The number of nitrogens with zero attached hydrogens (tertiary/aromatic N) is 1. The molecule has 0 radical (unpaired) electrons. The van der Waals surface area contributed by atoms with E-state index in [2.05, 4.69) is 45.9 Å². The topological polar surface area (TPSA) is 3.88 Å². The standard InChI is InChI=1S/C23H28N/c1-16-8-7-9-20(17(16)2)22-21-11-10-18(15-23(3,4)5)14-19(21)12-13-24(22)6/h7-14H,15H2,1-6H3/q+1/i7D,13D. The van der Waals surface area contributed by atoms with Crippen molar-refractivity contribution in [2.75, 3.05) is 0 Å². The molecule has 0 amide bonds. The lowest BCUT2D eigenvalue weighted by Gasteiger charge is -2.18. The first kappa shape index (κ1) is 14.2. The van der Waals surface area contributed by atoms with E-state index in [1.807, 2.05) is 36.7 Å². The van der Waals surface area contributed by atoms with Crippen molar-refractivity contribution in [2.24, 2.45) is 12.5 Å². The van der Waals surface area contributed by atoms with E-state index >= 15 is 0 Å². The van der Waals surface area contributed by atoms with Crippen LogP contribution in [0.25, 0.3) is 22.0 Å². The molecule has 24 heavy (non-hydrogen) atoms. The van der Waals surface area contributed by atoms with Gasteiger partial charge in [-0.25, -0.2) is 4.57 Å². The second kappa shape index (κ2) is 6.05. The van der Waals surface area contributed by atoms with E-state index in [4.69, 9.17) is 2.74 Å². The normalized spacial score (nSPS) is 13.1. The highest BCUT2D eigenvalue weighted by Crippen LogP contribution is 2.30. The Hall–Kier alpha value is -2.15. The van der Waals surface area contributed by atoms with Crippen LogP contribution in [0.1, 0.15) is 40.2 Å². The summed E-state index contributed by atoms with van der Waals surface area (Å²) in [6, 6.07) is 12.9. The third-order valence-corrected chi connectivity index (χ3v) is 4.63. The summed E-state index contributed by atoms with van der Waals surface area (Å²) < 4.78 is 18.5. The molecule has 0 unspecified atom stereocenters. The summed E-state index contributed by atoms with van der Waals surface area (Å²) in [6.07, 6.45) is 1.49. The van der Waals surface area contributed by atoms with Gasteiger partial charge in [-0.2, -0.15) is 0 Å². The second-order valence-electron chi connectivity index (χ2n) is 8.02. The molecule has 0 saturated carbocycles. The molecule has 0 bridgehead atoms. The molecule has 0 aliphatic carbocycles. The predicted octanol–water partition coefficient (Wildman–Crippen LogP) is 5.54. The maximum absolute atomic E-state index is 8.44. The van der Waals surface area contributed by atoms with E-state index < -0.39 is 0 Å². The van der Waals surface area contributed by atoms with E-state index in [1.54, 1.807) is 0 Å². The molecule has 1 heterocycles. The number of aromatic nitrogens is 1. The van der Waals surface area contributed by atoms with Crippen LogP contribution in [0.15, 0.2) is 48.6 Å². The first-order valence-electron chi connectivity index (χ1n) is 9.57. The summed E-state index contributed by atoms with van der Waals surface area (Å²) in [5.74, 6) is 0. The summed E-state index contributed by atoms with van der Waals surface area (Å²) >= 11 is 0. The van der Waals surface area contributed by atoms with Crippen LogP contribution in [-0.2, 0) is 13.5 Å². The summed E-state index contributed by atoms with van der Waals surface area (Å²) in [5, 5.41) is 2.23. The minimum Gasteiger partial charge on any atom is -0.200 e. The van der Waals surface area contributed by atoms with Crippen molar-refractivity contribution in [3.05, 3.63) is 65.3 Å². The lowest BCUT2D eigenvalue weighted by molar-refractivity contribution is -0.659. The number of hydrogen-bond acceptors (Lipinski definition) is 0. The zero-order valence-corrected chi connectivity index (χ0v) is 15.6.